The van der Waals surface area contributed by atoms with E-state index in [1.807, 2.05) is 0 Å². The molecule has 12 heavy (non-hydrogen) atoms. The highest BCUT2D eigenvalue weighted by atomic mass is 16.3. The van der Waals surface area contributed by atoms with Gasteiger partial charge in [-0.15, -0.1) is 0 Å². The number of rotatable bonds is 5. The summed E-state index contributed by atoms with van der Waals surface area (Å²) in [5, 5.41) is 19.4. The fraction of sp³-hybridized carbons (Fsp3) is 0.714. The molecule has 0 atom stereocenters. The van der Waals surface area contributed by atoms with Crippen molar-refractivity contribution >= 4 is 6.03 Å². The quantitative estimate of drug-likeness (QED) is 0.492. The molecule has 71 valence electrons. The number of nitrogens with one attached hydrogen (secondary N) is 1. The minimum absolute atomic E-state index is 0.0813. The zero-order chi connectivity index (χ0) is 9.40. The molecule has 5 heteroatoms. The van der Waals surface area contributed by atoms with E-state index in [0.29, 0.717) is 6.54 Å². The Morgan fingerprint density at radius 2 is 2.08 bits per heavy atom. The lowest BCUT2D eigenvalue weighted by Gasteiger charge is -2.19. The lowest BCUT2D eigenvalue weighted by Crippen LogP contribution is -2.42. The molecule has 0 spiro atoms. The molecule has 0 fully saturated rings. The van der Waals surface area contributed by atoms with Gasteiger partial charge in [-0.3, -0.25) is 0 Å². The Labute approximate surface area is 72.0 Å². The van der Waals surface area contributed by atoms with Gasteiger partial charge in [-0.05, 0) is 6.92 Å². The second-order valence-electron chi connectivity index (χ2n) is 2.17. The smallest absolute Gasteiger partial charge is 0.317 e. The summed E-state index contributed by atoms with van der Waals surface area (Å²) in [6.45, 7) is 4.15. The van der Waals surface area contributed by atoms with Crippen molar-refractivity contribution in [2.75, 3.05) is 32.8 Å². The largest absolute Gasteiger partial charge is 0.395 e. The average molecular weight is 175 g/mol. The highest BCUT2D eigenvalue weighted by Crippen LogP contribution is 1.86. The normalized spacial score (nSPS) is 9.58. The predicted octanol–water partition coefficient (Wildman–Crippen LogP) is -1.18. The summed E-state index contributed by atoms with van der Waals surface area (Å²) < 4.78 is 0. The first kappa shape index (κ1) is 11.2. The van der Waals surface area contributed by atoms with Crippen molar-refractivity contribution in [3.8, 4) is 0 Å². The van der Waals surface area contributed by atoms with E-state index in [4.69, 9.17) is 10.2 Å². The summed E-state index contributed by atoms with van der Waals surface area (Å²) >= 11 is 0. The molecule has 0 aromatic heterocycles. The van der Waals surface area contributed by atoms with Crippen LogP contribution in [0.1, 0.15) is 0 Å². The van der Waals surface area contributed by atoms with Crippen LogP contribution >= 0.6 is 0 Å². The number of carbonyl (C=O) groups is 1. The molecule has 0 unspecified atom stereocenters. The Morgan fingerprint density at radius 3 is 2.50 bits per heavy atom. The fourth-order valence-corrected chi connectivity index (χ4v) is 0.710. The van der Waals surface area contributed by atoms with Crippen LogP contribution in [0.25, 0.3) is 0 Å². The Bertz CT molecular complexity index is 130. The van der Waals surface area contributed by atoms with Gasteiger partial charge in [0.25, 0.3) is 0 Å². The van der Waals surface area contributed by atoms with E-state index in [0.717, 1.165) is 0 Å². The molecule has 0 aromatic rings. The van der Waals surface area contributed by atoms with E-state index in [9.17, 15) is 4.79 Å². The van der Waals surface area contributed by atoms with Gasteiger partial charge >= 0.3 is 6.03 Å². The molecule has 0 heterocycles. The van der Waals surface area contributed by atoms with Crippen molar-refractivity contribution in [3.05, 3.63) is 6.92 Å². The van der Waals surface area contributed by atoms with E-state index in [2.05, 4.69) is 12.2 Å². The third-order valence-electron chi connectivity index (χ3n) is 1.32. The van der Waals surface area contributed by atoms with E-state index in [-0.39, 0.29) is 32.3 Å². The molecule has 0 aromatic carbocycles. The third kappa shape index (κ3) is 4.15. The first-order valence-corrected chi connectivity index (χ1v) is 3.80. The Morgan fingerprint density at radius 1 is 1.42 bits per heavy atom. The monoisotopic (exact) mass is 175 g/mol. The van der Waals surface area contributed by atoms with E-state index >= 15 is 0 Å². The Hall–Kier alpha value is -0.810. The standard InChI is InChI=1S/C7H15N2O3/c1-2-9(4-6-11)7(12)8-3-5-10/h10-11H,1-6H2,(H,8,12). The number of urea groups is 1. The van der Waals surface area contributed by atoms with Crippen LogP contribution in [0.2, 0.25) is 0 Å². The van der Waals surface area contributed by atoms with Crippen LogP contribution in [-0.2, 0) is 0 Å². The Kier molecular flexibility index (Phi) is 6.41. The number of hydrogen-bond acceptors (Lipinski definition) is 3. The van der Waals surface area contributed by atoms with Gasteiger partial charge in [0.2, 0.25) is 0 Å². The molecule has 5 nitrogen and oxygen atoms in total. The summed E-state index contributed by atoms with van der Waals surface area (Å²) in [5.74, 6) is 0. The topological polar surface area (TPSA) is 72.8 Å². The van der Waals surface area contributed by atoms with Crippen molar-refractivity contribution in [1.82, 2.24) is 10.2 Å². The maximum atomic E-state index is 11.1. The zero-order valence-electron chi connectivity index (χ0n) is 6.99. The number of amides is 2. The van der Waals surface area contributed by atoms with E-state index in [1.165, 1.54) is 4.90 Å². The molecule has 0 rings (SSSR count). The van der Waals surface area contributed by atoms with Crippen molar-refractivity contribution in [1.29, 1.82) is 0 Å². The second kappa shape index (κ2) is 6.87. The summed E-state index contributed by atoms with van der Waals surface area (Å²) in [5.41, 5.74) is 0. The maximum Gasteiger partial charge on any atom is 0.317 e. The van der Waals surface area contributed by atoms with Crippen LogP contribution in [-0.4, -0.2) is 54.0 Å². The highest BCUT2D eigenvalue weighted by molar-refractivity contribution is 5.74. The van der Waals surface area contributed by atoms with Gasteiger partial charge in [0.05, 0.1) is 13.2 Å². The molecule has 0 saturated carbocycles. The Balaban J connectivity index is 3.69. The summed E-state index contributed by atoms with van der Waals surface area (Å²) in [6, 6.07) is -0.312. The van der Waals surface area contributed by atoms with Gasteiger partial charge in [0.15, 0.2) is 0 Å². The maximum absolute atomic E-state index is 11.1. The van der Waals surface area contributed by atoms with Crippen LogP contribution in [0, 0.1) is 6.92 Å². The van der Waals surface area contributed by atoms with Gasteiger partial charge in [0, 0.05) is 19.6 Å². The van der Waals surface area contributed by atoms with Crippen LogP contribution < -0.4 is 5.32 Å². The zero-order valence-corrected chi connectivity index (χ0v) is 6.99. The van der Waals surface area contributed by atoms with Gasteiger partial charge in [-0.2, -0.15) is 0 Å². The highest BCUT2D eigenvalue weighted by Gasteiger charge is 2.08. The van der Waals surface area contributed by atoms with Gasteiger partial charge < -0.3 is 20.4 Å². The van der Waals surface area contributed by atoms with E-state index < -0.39 is 0 Å². The molecular weight excluding hydrogens is 160 g/mol. The van der Waals surface area contributed by atoms with Crippen molar-refractivity contribution in [2.45, 2.75) is 0 Å². The van der Waals surface area contributed by atoms with Crippen LogP contribution in [0.4, 0.5) is 4.79 Å². The predicted molar refractivity (Wildman–Crippen MR) is 44.5 cm³/mol. The molecule has 0 aliphatic rings. The van der Waals surface area contributed by atoms with Crippen molar-refractivity contribution < 1.29 is 15.0 Å². The minimum Gasteiger partial charge on any atom is -0.395 e. The first-order valence-electron chi connectivity index (χ1n) is 3.80. The molecule has 0 aliphatic carbocycles. The average Bonchev–Trinajstić information content (AvgIpc) is 2.10. The molecular formula is C7H15N2O3. The van der Waals surface area contributed by atoms with Crippen LogP contribution in [0.15, 0.2) is 0 Å². The molecule has 0 bridgehead atoms. The molecule has 0 aliphatic heterocycles. The molecule has 1 radical (unpaired) electrons. The van der Waals surface area contributed by atoms with Crippen LogP contribution in [0.5, 0.6) is 0 Å². The lowest BCUT2D eigenvalue weighted by atomic mass is 10.5. The van der Waals surface area contributed by atoms with E-state index in [1.54, 1.807) is 0 Å². The van der Waals surface area contributed by atoms with Gasteiger partial charge in [-0.25, -0.2) is 4.79 Å². The number of nitrogens with zero attached hydrogens (tertiary/aromatic N) is 1. The molecule has 3 N–H and O–H groups in total. The van der Waals surface area contributed by atoms with Crippen molar-refractivity contribution in [2.24, 2.45) is 0 Å². The first-order chi connectivity index (χ1) is 5.76. The summed E-state index contributed by atoms with van der Waals surface area (Å²) in [7, 11) is 0. The third-order valence-corrected chi connectivity index (χ3v) is 1.32. The van der Waals surface area contributed by atoms with Crippen LogP contribution in [0.3, 0.4) is 0 Å². The number of aliphatic hydroxyl groups is 2. The minimum atomic E-state index is -0.312. The van der Waals surface area contributed by atoms with Gasteiger partial charge in [0.1, 0.15) is 0 Å². The number of hydrogen-bond donors (Lipinski definition) is 3. The fourth-order valence-electron chi connectivity index (χ4n) is 0.710. The lowest BCUT2D eigenvalue weighted by molar-refractivity contribution is 0.180. The number of aliphatic hydroxyl groups excluding tert-OH is 2. The molecule has 2 amide bonds. The van der Waals surface area contributed by atoms with Crippen molar-refractivity contribution in [3.63, 3.8) is 0 Å². The SMILES string of the molecule is [CH2]CN(CCO)C(=O)NCCO. The summed E-state index contributed by atoms with van der Waals surface area (Å²) in [4.78, 5) is 12.4. The summed E-state index contributed by atoms with van der Waals surface area (Å²) in [6.07, 6.45) is 0. The second-order valence-corrected chi connectivity index (χ2v) is 2.17. The number of carbonyl (C=O) groups excluding carboxylic acids is 1. The molecule has 0 saturated heterocycles. The van der Waals surface area contributed by atoms with Gasteiger partial charge in [-0.1, -0.05) is 0 Å².